The van der Waals surface area contributed by atoms with E-state index in [0.29, 0.717) is 28.8 Å². The van der Waals surface area contributed by atoms with E-state index in [4.69, 9.17) is 23.2 Å². The summed E-state index contributed by atoms with van der Waals surface area (Å²) in [6, 6.07) is 11.3. The van der Waals surface area contributed by atoms with Crippen molar-refractivity contribution in [3.63, 3.8) is 0 Å². The normalized spacial score (nSPS) is 18.5. The van der Waals surface area contributed by atoms with Gasteiger partial charge < -0.3 is 5.32 Å². The molecule has 2 aromatic rings. The summed E-state index contributed by atoms with van der Waals surface area (Å²) in [6.45, 7) is 5.52. The number of halogens is 2. The fourth-order valence-electron chi connectivity index (χ4n) is 3.64. The van der Waals surface area contributed by atoms with Gasteiger partial charge in [0.25, 0.3) is 0 Å². The van der Waals surface area contributed by atoms with Gasteiger partial charge in [0.05, 0.1) is 21.6 Å². The molecule has 1 aliphatic rings. The highest BCUT2D eigenvalue weighted by molar-refractivity contribution is 7.89. The van der Waals surface area contributed by atoms with Gasteiger partial charge in [-0.2, -0.15) is 0 Å². The molecule has 9 heteroatoms. The van der Waals surface area contributed by atoms with Crippen molar-refractivity contribution in [2.24, 2.45) is 5.92 Å². The minimum atomic E-state index is -3.55. The SMILES string of the molecule is Cc1ccc(S(=O)(=O)NCC2CCCN(C(C)C(=O)Nc3ccc(Cl)cc3Cl)C2)cc1. The van der Waals surface area contributed by atoms with E-state index >= 15 is 0 Å². The van der Waals surface area contributed by atoms with Gasteiger partial charge in [0, 0.05) is 18.1 Å². The van der Waals surface area contributed by atoms with Crippen molar-refractivity contribution in [2.75, 3.05) is 25.0 Å². The maximum absolute atomic E-state index is 12.7. The lowest BCUT2D eigenvalue weighted by Crippen LogP contribution is -2.49. The van der Waals surface area contributed by atoms with E-state index in [0.717, 1.165) is 24.9 Å². The van der Waals surface area contributed by atoms with Crippen molar-refractivity contribution >= 4 is 44.8 Å². The number of nitrogens with one attached hydrogen (secondary N) is 2. The van der Waals surface area contributed by atoms with Gasteiger partial charge in [-0.25, -0.2) is 13.1 Å². The molecule has 2 aromatic carbocycles. The van der Waals surface area contributed by atoms with Crippen LogP contribution >= 0.6 is 23.2 Å². The molecule has 2 atom stereocenters. The zero-order valence-corrected chi connectivity index (χ0v) is 19.9. The topological polar surface area (TPSA) is 78.5 Å². The van der Waals surface area contributed by atoms with Crippen LogP contribution in [0.5, 0.6) is 0 Å². The fraction of sp³-hybridized carbons (Fsp3) is 0.409. The first-order valence-corrected chi connectivity index (χ1v) is 12.5. The van der Waals surface area contributed by atoms with Crippen LogP contribution in [0.15, 0.2) is 47.4 Å². The summed E-state index contributed by atoms with van der Waals surface area (Å²) in [6.07, 6.45) is 1.81. The smallest absolute Gasteiger partial charge is 0.241 e. The Morgan fingerprint density at radius 1 is 1.19 bits per heavy atom. The van der Waals surface area contributed by atoms with Crippen LogP contribution in [0.3, 0.4) is 0 Å². The minimum Gasteiger partial charge on any atom is -0.323 e. The van der Waals surface area contributed by atoms with E-state index in [-0.39, 0.29) is 22.8 Å². The van der Waals surface area contributed by atoms with E-state index in [1.54, 1.807) is 42.5 Å². The number of rotatable bonds is 7. The predicted octanol–water partition coefficient (Wildman–Crippen LogP) is 4.32. The lowest BCUT2D eigenvalue weighted by atomic mass is 9.97. The molecule has 0 aliphatic carbocycles. The lowest BCUT2D eigenvalue weighted by Gasteiger charge is -2.36. The molecule has 1 heterocycles. The molecule has 1 amide bonds. The standard InChI is InChI=1S/C22H27Cl2N3O3S/c1-15-5-8-19(9-6-15)31(29,30)25-13-17-4-3-11-27(14-17)16(2)22(28)26-21-10-7-18(23)12-20(21)24/h5-10,12,16-17,25H,3-4,11,13-14H2,1-2H3,(H,26,28). The number of nitrogens with zero attached hydrogens (tertiary/aromatic N) is 1. The molecule has 3 rings (SSSR count). The molecule has 1 fully saturated rings. The number of carbonyl (C=O) groups is 1. The average Bonchev–Trinajstić information content (AvgIpc) is 2.74. The van der Waals surface area contributed by atoms with Crippen LogP contribution < -0.4 is 10.0 Å². The minimum absolute atomic E-state index is 0.128. The number of hydrogen-bond donors (Lipinski definition) is 2. The molecule has 6 nitrogen and oxygen atoms in total. The fourth-order valence-corrected chi connectivity index (χ4v) is 5.21. The Kier molecular flexibility index (Phi) is 7.99. The molecule has 1 saturated heterocycles. The maximum atomic E-state index is 12.7. The van der Waals surface area contributed by atoms with Gasteiger partial charge in [-0.05, 0) is 69.5 Å². The van der Waals surface area contributed by atoms with Crippen molar-refractivity contribution in [3.8, 4) is 0 Å². The van der Waals surface area contributed by atoms with Crippen molar-refractivity contribution in [1.29, 1.82) is 0 Å². The molecule has 0 spiro atoms. The number of amides is 1. The number of piperidine rings is 1. The van der Waals surface area contributed by atoms with Crippen LogP contribution in [0.1, 0.15) is 25.3 Å². The zero-order chi connectivity index (χ0) is 22.6. The molecule has 0 bridgehead atoms. The van der Waals surface area contributed by atoms with E-state index < -0.39 is 10.0 Å². The van der Waals surface area contributed by atoms with Gasteiger partial charge in [-0.3, -0.25) is 9.69 Å². The zero-order valence-electron chi connectivity index (χ0n) is 17.6. The van der Waals surface area contributed by atoms with Crippen molar-refractivity contribution in [1.82, 2.24) is 9.62 Å². The Morgan fingerprint density at radius 2 is 1.90 bits per heavy atom. The molecule has 1 aliphatic heterocycles. The van der Waals surface area contributed by atoms with Gasteiger partial charge in [0.2, 0.25) is 15.9 Å². The first-order valence-electron chi connectivity index (χ1n) is 10.2. The molecule has 2 N–H and O–H groups in total. The molecule has 0 saturated carbocycles. The van der Waals surface area contributed by atoms with E-state index in [1.807, 2.05) is 13.8 Å². The molecule has 0 radical (unpaired) electrons. The molecular formula is C22H27Cl2N3O3S. The quantitative estimate of drug-likeness (QED) is 0.614. The monoisotopic (exact) mass is 483 g/mol. The molecular weight excluding hydrogens is 457 g/mol. The van der Waals surface area contributed by atoms with Crippen molar-refractivity contribution in [3.05, 3.63) is 58.1 Å². The summed E-state index contributed by atoms with van der Waals surface area (Å²) in [5.41, 5.74) is 1.52. The summed E-state index contributed by atoms with van der Waals surface area (Å²) in [5.74, 6) is -0.0338. The highest BCUT2D eigenvalue weighted by Crippen LogP contribution is 2.26. The second-order valence-electron chi connectivity index (χ2n) is 7.96. The van der Waals surface area contributed by atoms with E-state index in [2.05, 4.69) is 14.9 Å². The number of aryl methyl sites for hydroxylation is 1. The average molecular weight is 484 g/mol. The molecule has 31 heavy (non-hydrogen) atoms. The second-order valence-corrected chi connectivity index (χ2v) is 10.6. The second kappa shape index (κ2) is 10.3. The van der Waals surface area contributed by atoms with Gasteiger partial charge in [0.15, 0.2) is 0 Å². The number of sulfonamides is 1. The van der Waals surface area contributed by atoms with Crippen LogP contribution in [0, 0.1) is 12.8 Å². The van der Waals surface area contributed by atoms with E-state index in [1.165, 1.54) is 0 Å². The van der Waals surface area contributed by atoms with Crippen LogP contribution in [-0.2, 0) is 14.8 Å². The van der Waals surface area contributed by atoms with Crippen LogP contribution in [0.4, 0.5) is 5.69 Å². The Labute approximate surface area is 194 Å². The number of likely N-dealkylation sites (tertiary alicyclic amines) is 1. The molecule has 168 valence electrons. The largest absolute Gasteiger partial charge is 0.323 e. The van der Waals surface area contributed by atoms with Crippen LogP contribution in [0.2, 0.25) is 10.0 Å². The molecule has 2 unspecified atom stereocenters. The number of hydrogen-bond acceptors (Lipinski definition) is 4. The predicted molar refractivity (Wildman–Crippen MR) is 125 cm³/mol. The van der Waals surface area contributed by atoms with Gasteiger partial charge in [-0.15, -0.1) is 0 Å². The lowest BCUT2D eigenvalue weighted by molar-refractivity contribution is -0.121. The van der Waals surface area contributed by atoms with Gasteiger partial charge >= 0.3 is 0 Å². The summed E-state index contributed by atoms with van der Waals surface area (Å²) in [5, 5.41) is 3.74. The Morgan fingerprint density at radius 3 is 2.58 bits per heavy atom. The van der Waals surface area contributed by atoms with E-state index in [9.17, 15) is 13.2 Å². The highest BCUT2D eigenvalue weighted by atomic mass is 35.5. The Balaban J connectivity index is 1.56. The number of carbonyl (C=O) groups excluding carboxylic acids is 1. The third-order valence-electron chi connectivity index (χ3n) is 5.56. The van der Waals surface area contributed by atoms with Crippen LogP contribution in [-0.4, -0.2) is 44.9 Å². The summed E-state index contributed by atoms with van der Waals surface area (Å²) in [4.78, 5) is 15.1. The Bertz CT molecular complexity index is 1030. The van der Waals surface area contributed by atoms with Crippen molar-refractivity contribution in [2.45, 2.75) is 37.6 Å². The number of benzene rings is 2. The first kappa shape index (κ1) is 24.0. The highest BCUT2D eigenvalue weighted by Gasteiger charge is 2.28. The Hall–Kier alpha value is -1.64. The van der Waals surface area contributed by atoms with Crippen molar-refractivity contribution < 1.29 is 13.2 Å². The first-order chi connectivity index (χ1) is 14.7. The third-order valence-corrected chi connectivity index (χ3v) is 7.55. The number of anilines is 1. The maximum Gasteiger partial charge on any atom is 0.241 e. The summed E-state index contributed by atoms with van der Waals surface area (Å²) >= 11 is 12.1. The molecule has 0 aromatic heterocycles. The summed E-state index contributed by atoms with van der Waals surface area (Å²) in [7, 11) is -3.55. The summed E-state index contributed by atoms with van der Waals surface area (Å²) < 4.78 is 27.8. The van der Waals surface area contributed by atoms with Gasteiger partial charge in [0.1, 0.15) is 0 Å². The van der Waals surface area contributed by atoms with Gasteiger partial charge in [-0.1, -0.05) is 40.9 Å². The third kappa shape index (κ3) is 6.43. The van der Waals surface area contributed by atoms with Crippen LogP contribution in [0.25, 0.3) is 0 Å².